The first-order chi connectivity index (χ1) is 9.43. The molecular weight excluding hydrogens is 256 g/mol. The second-order valence-corrected chi connectivity index (χ2v) is 6.14. The van der Waals surface area contributed by atoms with Crippen LogP contribution in [0, 0.1) is 17.3 Å². The Hall–Kier alpha value is -1.26. The van der Waals surface area contributed by atoms with Gasteiger partial charge in [-0.25, -0.2) is 4.79 Å². The minimum atomic E-state index is -0.848. The van der Waals surface area contributed by atoms with Crippen molar-refractivity contribution in [3.8, 4) is 0 Å². The maximum atomic E-state index is 11.8. The van der Waals surface area contributed by atoms with Crippen molar-refractivity contribution < 1.29 is 14.7 Å². The lowest BCUT2D eigenvalue weighted by Crippen LogP contribution is -2.46. The summed E-state index contributed by atoms with van der Waals surface area (Å²) in [4.78, 5) is 23.1. The van der Waals surface area contributed by atoms with Crippen LogP contribution in [0.3, 0.4) is 0 Å². The van der Waals surface area contributed by atoms with Gasteiger partial charge >= 0.3 is 12.0 Å². The van der Waals surface area contributed by atoms with Gasteiger partial charge in [-0.15, -0.1) is 0 Å². The molecule has 3 N–H and O–H groups in total. The predicted molar refractivity (Wildman–Crippen MR) is 78.6 cm³/mol. The molecule has 2 unspecified atom stereocenters. The van der Waals surface area contributed by atoms with Gasteiger partial charge in [0.2, 0.25) is 0 Å². The van der Waals surface area contributed by atoms with E-state index in [2.05, 4.69) is 17.6 Å². The summed E-state index contributed by atoms with van der Waals surface area (Å²) in [5.74, 6) is 0.481. The fraction of sp³-hybridized carbons (Fsp3) is 0.867. The number of urea groups is 1. The number of carboxylic acid groups (broad SMARTS) is 1. The lowest BCUT2D eigenvalue weighted by molar-refractivity contribution is -0.149. The highest BCUT2D eigenvalue weighted by Gasteiger charge is 2.35. The highest BCUT2D eigenvalue weighted by atomic mass is 16.4. The van der Waals surface area contributed by atoms with Crippen molar-refractivity contribution in [3.63, 3.8) is 0 Å². The monoisotopic (exact) mass is 284 g/mol. The Kier molecular flexibility index (Phi) is 6.30. The highest BCUT2D eigenvalue weighted by molar-refractivity contribution is 5.78. The van der Waals surface area contributed by atoms with Gasteiger partial charge in [0.15, 0.2) is 0 Å². The van der Waals surface area contributed by atoms with E-state index in [-0.39, 0.29) is 12.6 Å². The maximum absolute atomic E-state index is 11.8. The highest BCUT2D eigenvalue weighted by Crippen LogP contribution is 2.29. The first kappa shape index (κ1) is 16.8. The molecule has 1 aliphatic carbocycles. The molecule has 0 saturated heterocycles. The standard InChI is InChI=1S/C15H28N2O3/c1-4-15(5-2,13(18)19)10-17-14(20)16-9-12-7-6-11(3)8-12/h11-12H,4-10H2,1-3H3,(H,18,19)(H2,16,17,20). The Labute approximate surface area is 121 Å². The number of hydrogen-bond acceptors (Lipinski definition) is 2. The lowest BCUT2D eigenvalue weighted by atomic mass is 9.82. The van der Waals surface area contributed by atoms with Crippen molar-refractivity contribution in [2.75, 3.05) is 13.1 Å². The summed E-state index contributed by atoms with van der Waals surface area (Å²) in [6, 6.07) is -0.253. The minimum absolute atomic E-state index is 0.183. The van der Waals surface area contributed by atoms with Crippen LogP contribution in [0.2, 0.25) is 0 Å². The SMILES string of the molecule is CCC(CC)(CNC(=O)NCC1CCC(C)C1)C(=O)O. The summed E-state index contributed by atoms with van der Waals surface area (Å²) in [6.45, 7) is 6.80. The largest absolute Gasteiger partial charge is 0.481 e. The van der Waals surface area contributed by atoms with Crippen molar-refractivity contribution in [2.45, 2.75) is 52.9 Å². The van der Waals surface area contributed by atoms with Crippen LogP contribution in [0.5, 0.6) is 0 Å². The van der Waals surface area contributed by atoms with E-state index in [0.717, 1.165) is 5.92 Å². The summed E-state index contributed by atoms with van der Waals surface area (Å²) in [6.07, 6.45) is 4.61. The Morgan fingerprint density at radius 2 is 1.85 bits per heavy atom. The van der Waals surface area contributed by atoms with Gasteiger partial charge in [0.05, 0.1) is 5.41 Å². The number of rotatable bonds is 7. The molecule has 0 heterocycles. The van der Waals surface area contributed by atoms with Gasteiger partial charge in [-0.2, -0.15) is 0 Å². The third kappa shape index (κ3) is 4.39. The van der Waals surface area contributed by atoms with Crippen LogP contribution in [-0.4, -0.2) is 30.2 Å². The van der Waals surface area contributed by atoms with Gasteiger partial charge in [0.25, 0.3) is 0 Å². The molecule has 5 heteroatoms. The van der Waals surface area contributed by atoms with Gasteiger partial charge < -0.3 is 15.7 Å². The zero-order chi connectivity index (χ0) is 15.2. The van der Waals surface area contributed by atoms with Crippen LogP contribution < -0.4 is 10.6 Å². The Bertz CT molecular complexity index is 340. The average Bonchev–Trinajstić information content (AvgIpc) is 2.83. The van der Waals surface area contributed by atoms with E-state index in [1.165, 1.54) is 19.3 Å². The first-order valence-corrected chi connectivity index (χ1v) is 7.68. The number of carboxylic acids is 1. The van der Waals surface area contributed by atoms with Crippen molar-refractivity contribution >= 4 is 12.0 Å². The van der Waals surface area contributed by atoms with Crippen LogP contribution in [-0.2, 0) is 4.79 Å². The van der Waals surface area contributed by atoms with Crippen molar-refractivity contribution in [3.05, 3.63) is 0 Å². The van der Waals surface area contributed by atoms with Gasteiger partial charge in [0.1, 0.15) is 0 Å². The molecule has 2 atom stereocenters. The topological polar surface area (TPSA) is 78.4 Å². The molecule has 1 fully saturated rings. The van der Waals surface area contributed by atoms with Gasteiger partial charge in [-0.1, -0.05) is 27.2 Å². The third-order valence-corrected chi connectivity index (χ3v) is 4.75. The second kappa shape index (κ2) is 7.50. The van der Waals surface area contributed by atoms with Crippen molar-refractivity contribution in [1.82, 2.24) is 10.6 Å². The first-order valence-electron chi connectivity index (χ1n) is 7.68. The predicted octanol–water partition coefficient (Wildman–Crippen LogP) is 2.61. The van der Waals surface area contributed by atoms with E-state index in [1.54, 1.807) is 0 Å². The second-order valence-electron chi connectivity index (χ2n) is 6.14. The molecule has 1 rings (SSSR count). The molecule has 2 amide bonds. The van der Waals surface area contributed by atoms with Gasteiger partial charge in [0, 0.05) is 13.1 Å². The zero-order valence-electron chi connectivity index (χ0n) is 12.9. The van der Waals surface area contributed by atoms with E-state index in [1.807, 2.05) is 13.8 Å². The van der Waals surface area contributed by atoms with Crippen molar-refractivity contribution in [1.29, 1.82) is 0 Å². The number of amides is 2. The summed E-state index contributed by atoms with van der Waals surface area (Å²) < 4.78 is 0. The molecule has 20 heavy (non-hydrogen) atoms. The average molecular weight is 284 g/mol. The molecule has 1 saturated carbocycles. The fourth-order valence-electron chi connectivity index (χ4n) is 2.94. The van der Waals surface area contributed by atoms with E-state index < -0.39 is 11.4 Å². The number of hydrogen-bond donors (Lipinski definition) is 3. The van der Waals surface area contributed by atoms with Crippen molar-refractivity contribution in [2.24, 2.45) is 17.3 Å². The molecule has 0 radical (unpaired) electrons. The fourth-order valence-corrected chi connectivity index (χ4v) is 2.94. The number of carbonyl (C=O) groups excluding carboxylic acids is 1. The quantitative estimate of drug-likeness (QED) is 0.672. The van der Waals surface area contributed by atoms with E-state index in [4.69, 9.17) is 0 Å². The van der Waals surface area contributed by atoms with Crippen LogP contribution in [0.15, 0.2) is 0 Å². The summed E-state index contributed by atoms with van der Waals surface area (Å²) in [5.41, 5.74) is -0.848. The molecule has 5 nitrogen and oxygen atoms in total. The number of nitrogens with one attached hydrogen (secondary N) is 2. The zero-order valence-corrected chi connectivity index (χ0v) is 12.9. The van der Waals surface area contributed by atoms with E-state index in [9.17, 15) is 14.7 Å². The van der Waals surface area contributed by atoms with Gasteiger partial charge in [-0.3, -0.25) is 4.79 Å². The lowest BCUT2D eigenvalue weighted by Gasteiger charge is -2.27. The summed E-state index contributed by atoms with van der Waals surface area (Å²) >= 11 is 0. The van der Waals surface area contributed by atoms with Crippen LogP contribution in [0.4, 0.5) is 4.79 Å². The summed E-state index contributed by atoms with van der Waals surface area (Å²) in [5, 5.41) is 14.9. The Morgan fingerprint density at radius 1 is 1.20 bits per heavy atom. The van der Waals surface area contributed by atoms with Crippen LogP contribution >= 0.6 is 0 Å². The summed E-state index contributed by atoms with van der Waals surface area (Å²) in [7, 11) is 0. The Balaban J connectivity index is 2.33. The minimum Gasteiger partial charge on any atom is -0.481 e. The molecule has 116 valence electrons. The van der Waals surface area contributed by atoms with Crippen LogP contribution in [0.25, 0.3) is 0 Å². The smallest absolute Gasteiger partial charge is 0.314 e. The van der Waals surface area contributed by atoms with E-state index in [0.29, 0.717) is 25.3 Å². The molecule has 0 aromatic carbocycles. The number of carbonyl (C=O) groups is 2. The third-order valence-electron chi connectivity index (χ3n) is 4.75. The normalized spacial score (nSPS) is 22.6. The molecule has 0 spiro atoms. The molecular formula is C15H28N2O3. The van der Waals surface area contributed by atoms with E-state index >= 15 is 0 Å². The van der Waals surface area contributed by atoms with Crippen LogP contribution in [0.1, 0.15) is 52.9 Å². The maximum Gasteiger partial charge on any atom is 0.314 e. The molecule has 1 aliphatic rings. The Morgan fingerprint density at radius 3 is 2.30 bits per heavy atom. The van der Waals surface area contributed by atoms with Gasteiger partial charge in [-0.05, 0) is 37.5 Å². The molecule has 0 bridgehead atoms. The molecule has 0 aromatic rings. The number of aliphatic carboxylic acids is 1. The molecule has 0 aliphatic heterocycles. The molecule has 0 aromatic heterocycles.